The van der Waals surface area contributed by atoms with E-state index in [9.17, 15) is 0 Å². The van der Waals surface area contributed by atoms with Crippen LogP contribution in [0.2, 0.25) is 0 Å². The number of pyridine rings is 2. The second-order valence-electron chi connectivity index (χ2n) is 12.9. The molecule has 0 bridgehead atoms. The van der Waals surface area contributed by atoms with Crippen molar-refractivity contribution in [3.8, 4) is 22.4 Å². The van der Waals surface area contributed by atoms with Crippen LogP contribution in [-0.4, -0.2) is 4.98 Å². The van der Waals surface area contributed by atoms with Crippen molar-refractivity contribution in [3.05, 3.63) is 95.8 Å². The molecule has 0 atom stereocenters. The second kappa shape index (κ2) is 8.77. The van der Waals surface area contributed by atoms with Crippen LogP contribution in [-0.2, 0) is 17.9 Å². The van der Waals surface area contributed by atoms with E-state index in [-0.39, 0.29) is 10.8 Å². The van der Waals surface area contributed by atoms with Crippen LogP contribution >= 0.6 is 0 Å². The Morgan fingerprint density at radius 1 is 0.692 bits per heavy atom. The number of rotatable bonds is 2. The minimum Gasteiger partial charge on any atom is -0.455 e. The molecule has 0 aliphatic rings. The van der Waals surface area contributed by atoms with E-state index in [0.29, 0.717) is 0 Å². The lowest BCUT2D eigenvalue weighted by Gasteiger charge is -2.25. The van der Waals surface area contributed by atoms with Crippen molar-refractivity contribution in [2.45, 2.75) is 59.3 Å². The van der Waals surface area contributed by atoms with E-state index in [1.807, 2.05) is 0 Å². The molecule has 3 nitrogen and oxygen atoms in total. The second-order valence-corrected chi connectivity index (χ2v) is 12.9. The third-order valence-electron chi connectivity index (χ3n) is 7.88. The van der Waals surface area contributed by atoms with Crippen LogP contribution in [0, 0.1) is 6.92 Å². The summed E-state index contributed by atoms with van der Waals surface area (Å²) in [5.74, 6) is 0. The largest absolute Gasteiger partial charge is 0.455 e. The molecule has 0 unspecified atom stereocenters. The summed E-state index contributed by atoms with van der Waals surface area (Å²) in [5, 5.41) is 3.50. The van der Waals surface area contributed by atoms with Crippen LogP contribution in [0.1, 0.15) is 58.5 Å². The van der Waals surface area contributed by atoms with Crippen LogP contribution in [0.15, 0.2) is 83.3 Å². The Hall–Kier alpha value is -3.98. The average molecular weight is 514 g/mol. The first-order valence-corrected chi connectivity index (χ1v) is 13.8. The molecule has 3 aromatic heterocycles. The number of hydrogen-bond donors (Lipinski definition) is 0. The van der Waals surface area contributed by atoms with Gasteiger partial charge in [-0.15, -0.1) is 0 Å². The molecule has 0 spiro atoms. The number of aromatic nitrogens is 2. The summed E-state index contributed by atoms with van der Waals surface area (Å²) in [4.78, 5) is 5.07. The van der Waals surface area contributed by atoms with E-state index >= 15 is 0 Å². The lowest BCUT2D eigenvalue weighted by Crippen LogP contribution is -2.32. The van der Waals surface area contributed by atoms with Gasteiger partial charge in [-0.25, -0.2) is 0 Å². The zero-order valence-corrected chi connectivity index (χ0v) is 24.3. The number of aryl methyl sites for hydroxylation is 2. The highest BCUT2D eigenvalue weighted by Crippen LogP contribution is 2.39. The lowest BCUT2D eigenvalue weighted by molar-refractivity contribution is -0.633. The van der Waals surface area contributed by atoms with Crippen LogP contribution in [0.3, 0.4) is 0 Å². The van der Waals surface area contributed by atoms with E-state index < -0.39 is 0 Å². The average Bonchev–Trinajstić information content (AvgIpc) is 3.26. The van der Waals surface area contributed by atoms with Crippen molar-refractivity contribution in [2.75, 3.05) is 0 Å². The maximum atomic E-state index is 6.61. The van der Waals surface area contributed by atoms with Gasteiger partial charge in [-0.2, -0.15) is 4.57 Å². The number of furan rings is 1. The zero-order valence-electron chi connectivity index (χ0n) is 24.3. The SMILES string of the molecule is Cc1ccc2c(oc3ccc(-c4cc(C(C)(C)C)nc(C(C)(C)C)c4)cc32)c1-c1ccc2ccccc2[n+]1C. The summed E-state index contributed by atoms with van der Waals surface area (Å²) in [6, 6.07) is 28.4. The normalized spacial score (nSPS) is 12.6. The molecule has 0 radical (unpaired) electrons. The van der Waals surface area contributed by atoms with Crippen molar-refractivity contribution < 1.29 is 8.98 Å². The summed E-state index contributed by atoms with van der Waals surface area (Å²) in [5.41, 5.74) is 11.1. The summed E-state index contributed by atoms with van der Waals surface area (Å²) in [6.07, 6.45) is 0. The smallest absolute Gasteiger partial charge is 0.216 e. The molecule has 3 heterocycles. The fourth-order valence-electron chi connectivity index (χ4n) is 5.50. The predicted molar refractivity (Wildman–Crippen MR) is 163 cm³/mol. The Balaban J connectivity index is 1.58. The fourth-order valence-corrected chi connectivity index (χ4v) is 5.50. The highest BCUT2D eigenvalue weighted by molar-refractivity contribution is 6.10. The van der Waals surface area contributed by atoms with E-state index in [1.54, 1.807) is 0 Å². The Labute approximate surface area is 231 Å². The van der Waals surface area contributed by atoms with Crippen LogP contribution in [0.5, 0.6) is 0 Å². The molecular formula is C36H37N2O+. The number of nitrogens with zero attached hydrogens (tertiary/aromatic N) is 2. The number of benzene rings is 3. The molecule has 6 rings (SSSR count). The van der Waals surface area contributed by atoms with Crippen LogP contribution in [0.25, 0.3) is 55.2 Å². The highest BCUT2D eigenvalue weighted by atomic mass is 16.3. The van der Waals surface area contributed by atoms with Crippen molar-refractivity contribution in [3.63, 3.8) is 0 Å². The number of hydrogen-bond acceptors (Lipinski definition) is 2. The molecule has 0 aliphatic heterocycles. The van der Waals surface area contributed by atoms with Gasteiger partial charge in [0.15, 0.2) is 0 Å². The molecule has 3 heteroatoms. The predicted octanol–water partition coefficient (Wildman–Crippen LogP) is 9.20. The van der Waals surface area contributed by atoms with Crippen LogP contribution < -0.4 is 4.57 Å². The Bertz CT molecular complexity index is 1860. The van der Waals surface area contributed by atoms with Crippen LogP contribution in [0.4, 0.5) is 0 Å². The molecule has 0 saturated carbocycles. The first-order valence-electron chi connectivity index (χ1n) is 13.8. The fraction of sp³-hybridized carbons (Fsp3) is 0.278. The van der Waals surface area contributed by atoms with Crippen molar-refractivity contribution >= 4 is 32.8 Å². The summed E-state index contributed by atoms with van der Waals surface area (Å²) in [6.45, 7) is 15.6. The molecule has 0 fully saturated rings. The molecule has 0 aliphatic carbocycles. The van der Waals surface area contributed by atoms with Gasteiger partial charge < -0.3 is 4.42 Å². The standard InChI is InChI=1S/C36H37N2O/c1-22-13-16-26-27-19-24(25-20-31(35(2,3)4)37-32(21-25)36(5,6)7)15-18-30(27)39-34(26)33(22)29-17-14-23-11-9-10-12-28(23)38(29)8/h9-21H,1-8H3/q+1. The minimum atomic E-state index is -0.0374. The summed E-state index contributed by atoms with van der Waals surface area (Å²) < 4.78 is 8.88. The van der Waals surface area contributed by atoms with Gasteiger partial charge in [0.2, 0.25) is 11.2 Å². The van der Waals surface area contributed by atoms with E-state index in [1.165, 1.54) is 27.6 Å². The third kappa shape index (κ3) is 4.30. The maximum Gasteiger partial charge on any atom is 0.216 e. The molecule has 3 aromatic carbocycles. The number of para-hydroxylation sites is 1. The monoisotopic (exact) mass is 513 g/mol. The van der Waals surface area contributed by atoms with Gasteiger partial charge >= 0.3 is 0 Å². The van der Waals surface area contributed by atoms with Gasteiger partial charge in [0.1, 0.15) is 18.2 Å². The first kappa shape index (κ1) is 25.3. The molecule has 196 valence electrons. The van der Waals surface area contributed by atoms with Gasteiger partial charge in [0.05, 0.1) is 5.56 Å². The zero-order chi connectivity index (χ0) is 27.7. The van der Waals surface area contributed by atoms with Crippen molar-refractivity contribution in [2.24, 2.45) is 7.05 Å². The van der Waals surface area contributed by atoms with Gasteiger partial charge in [0.25, 0.3) is 0 Å². The molecule has 0 N–H and O–H groups in total. The first-order chi connectivity index (χ1) is 18.4. The summed E-state index contributed by atoms with van der Waals surface area (Å²) >= 11 is 0. The van der Waals surface area contributed by atoms with Gasteiger partial charge in [0, 0.05) is 50.5 Å². The topological polar surface area (TPSA) is 29.9 Å². The van der Waals surface area contributed by atoms with Gasteiger partial charge in [-0.3, -0.25) is 4.98 Å². The van der Waals surface area contributed by atoms with E-state index in [2.05, 4.69) is 139 Å². The molecule has 0 saturated heterocycles. The Kier molecular flexibility index (Phi) is 5.69. The van der Waals surface area contributed by atoms with Crippen molar-refractivity contribution in [1.82, 2.24) is 4.98 Å². The molecular weight excluding hydrogens is 476 g/mol. The van der Waals surface area contributed by atoms with Crippen molar-refractivity contribution in [1.29, 1.82) is 0 Å². The molecule has 0 amide bonds. The lowest BCUT2D eigenvalue weighted by atomic mass is 9.85. The highest BCUT2D eigenvalue weighted by Gasteiger charge is 2.24. The van der Waals surface area contributed by atoms with E-state index in [0.717, 1.165) is 44.6 Å². The molecule has 6 aromatic rings. The minimum absolute atomic E-state index is 0.0374. The summed E-state index contributed by atoms with van der Waals surface area (Å²) in [7, 11) is 2.14. The quantitative estimate of drug-likeness (QED) is 0.216. The van der Waals surface area contributed by atoms with E-state index in [4.69, 9.17) is 9.40 Å². The maximum absolute atomic E-state index is 6.61. The van der Waals surface area contributed by atoms with Gasteiger partial charge in [-0.1, -0.05) is 71.9 Å². The number of fused-ring (bicyclic) bond motifs is 4. The Morgan fingerprint density at radius 3 is 2.08 bits per heavy atom. The Morgan fingerprint density at radius 2 is 1.38 bits per heavy atom. The molecule has 39 heavy (non-hydrogen) atoms. The third-order valence-corrected chi connectivity index (χ3v) is 7.88. The van der Waals surface area contributed by atoms with Gasteiger partial charge in [-0.05, 0) is 60.0 Å².